The fraction of sp³-hybridized carbons (Fsp3) is 0. The monoisotopic (exact) mass is 269 g/mol. The van der Waals surface area contributed by atoms with Crippen LogP contribution in [-0.2, 0) is 10.1 Å². The quantitative estimate of drug-likeness (QED) is 0.466. The molecule has 1 N–H and O–H groups in total. The summed E-state index contributed by atoms with van der Waals surface area (Å²) in [7, 11) is -4.43. The molecule has 0 aliphatic carbocycles. The fourth-order valence-electron chi connectivity index (χ4n) is 1.93. The molecular weight excluding hydrogens is 261 g/mol. The molecule has 2 aromatic carbocycles. The Bertz CT molecular complexity index is 771. The van der Waals surface area contributed by atoms with Crippen molar-refractivity contribution in [1.29, 1.82) is 0 Å². The molecule has 4 nitrogen and oxygen atoms in total. The average molecular weight is 269 g/mol. The SMILES string of the molecule is O=S(=O)([O-])c1cc2cc3ccccc3cc2[nH]1.[Na+]. The summed E-state index contributed by atoms with van der Waals surface area (Å²) >= 11 is 0. The largest absolute Gasteiger partial charge is 1.00 e. The molecular formula is C12H8NNaO3S. The predicted octanol–water partition coefficient (Wildman–Crippen LogP) is -0.771. The Labute approximate surface area is 126 Å². The second-order valence-corrected chi connectivity index (χ2v) is 5.22. The topological polar surface area (TPSA) is 73.0 Å². The molecule has 0 spiro atoms. The third-order valence-corrected chi connectivity index (χ3v) is 3.49. The molecule has 0 aliphatic heterocycles. The van der Waals surface area contributed by atoms with Crippen LogP contribution in [0.3, 0.4) is 0 Å². The van der Waals surface area contributed by atoms with E-state index in [0.29, 0.717) is 5.52 Å². The molecule has 0 aliphatic rings. The third-order valence-electron chi connectivity index (χ3n) is 2.73. The molecule has 86 valence electrons. The van der Waals surface area contributed by atoms with E-state index >= 15 is 0 Å². The number of rotatable bonds is 1. The first kappa shape index (κ1) is 13.6. The first-order valence-electron chi connectivity index (χ1n) is 5.01. The number of benzene rings is 2. The van der Waals surface area contributed by atoms with E-state index in [1.54, 1.807) is 0 Å². The standard InChI is InChI=1S/C12H9NO3S.Na/c14-17(15,16)12-7-10-5-8-3-1-2-4-9(8)6-11(10)13-12;/h1-7,13H,(H,14,15,16);/q;+1/p-1. The van der Waals surface area contributed by atoms with Gasteiger partial charge in [0, 0.05) is 10.9 Å². The number of aromatic nitrogens is 1. The van der Waals surface area contributed by atoms with E-state index in [4.69, 9.17) is 0 Å². The Morgan fingerprint density at radius 1 is 0.944 bits per heavy atom. The Balaban J connectivity index is 0.00000120. The van der Waals surface area contributed by atoms with Gasteiger partial charge in [0.15, 0.2) is 0 Å². The smallest absolute Gasteiger partial charge is 0.743 e. The van der Waals surface area contributed by atoms with Gasteiger partial charge in [0.1, 0.15) is 15.1 Å². The molecule has 0 saturated heterocycles. The molecule has 3 aromatic rings. The zero-order valence-electron chi connectivity index (χ0n) is 9.67. The van der Waals surface area contributed by atoms with Gasteiger partial charge in [-0.3, -0.25) is 0 Å². The van der Waals surface area contributed by atoms with Crippen molar-refractivity contribution in [2.75, 3.05) is 0 Å². The summed E-state index contributed by atoms with van der Waals surface area (Å²) in [5.74, 6) is 0. The van der Waals surface area contributed by atoms with Crippen LogP contribution in [-0.4, -0.2) is 18.0 Å². The van der Waals surface area contributed by atoms with Crippen molar-refractivity contribution >= 4 is 31.8 Å². The summed E-state index contributed by atoms with van der Waals surface area (Å²) < 4.78 is 32.7. The van der Waals surface area contributed by atoms with Gasteiger partial charge in [0.25, 0.3) is 0 Å². The van der Waals surface area contributed by atoms with E-state index in [1.165, 1.54) is 6.07 Å². The average Bonchev–Trinajstić information content (AvgIpc) is 2.68. The van der Waals surface area contributed by atoms with E-state index in [0.717, 1.165) is 16.2 Å². The molecule has 0 atom stereocenters. The second-order valence-electron chi connectivity index (χ2n) is 3.87. The van der Waals surface area contributed by atoms with Crippen molar-refractivity contribution in [3.8, 4) is 0 Å². The minimum absolute atomic E-state index is 0. The second kappa shape index (κ2) is 4.68. The molecule has 0 bridgehead atoms. The van der Waals surface area contributed by atoms with Crippen molar-refractivity contribution in [3.63, 3.8) is 0 Å². The minimum Gasteiger partial charge on any atom is -0.743 e. The summed E-state index contributed by atoms with van der Waals surface area (Å²) in [6.07, 6.45) is 0. The Hall–Kier alpha value is -0.850. The minimum atomic E-state index is -4.43. The molecule has 1 heterocycles. The van der Waals surface area contributed by atoms with Crippen LogP contribution < -0.4 is 29.6 Å². The van der Waals surface area contributed by atoms with Crippen LogP contribution in [0.2, 0.25) is 0 Å². The van der Waals surface area contributed by atoms with Crippen LogP contribution in [0, 0.1) is 0 Å². The maximum Gasteiger partial charge on any atom is 1.00 e. The molecule has 3 rings (SSSR count). The van der Waals surface area contributed by atoms with Crippen molar-refractivity contribution in [3.05, 3.63) is 42.5 Å². The molecule has 0 unspecified atom stereocenters. The summed E-state index contributed by atoms with van der Waals surface area (Å²) in [5.41, 5.74) is 0.651. The normalized spacial score (nSPS) is 11.6. The van der Waals surface area contributed by atoms with Gasteiger partial charge >= 0.3 is 29.6 Å². The van der Waals surface area contributed by atoms with Gasteiger partial charge in [0.05, 0.1) is 0 Å². The molecule has 18 heavy (non-hydrogen) atoms. The summed E-state index contributed by atoms with van der Waals surface area (Å²) in [6.45, 7) is 0. The van der Waals surface area contributed by atoms with Gasteiger partial charge in [-0.25, -0.2) is 8.42 Å². The molecule has 6 heteroatoms. The first-order valence-corrected chi connectivity index (χ1v) is 6.42. The van der Waals surface area contributed by atoms with Crippen molar-refractivity contribution in [2.24, 2.45) is 0 Å². The van der Waals surface area contributed by atoms with Gasteiger partial charge in [0.2, 0.25) is 0 Å². The van der Waals surface area contributed by atoms with E-state index in [2.05, 4.69) is 4.98 Å². The van der Waals surface area contributed by atoms with E-state index in [-0.39, 0.29) is 34.6 Å². The molecule has 1 aromatic heterocycles. The fourth-order valence-corrected chi connectivity index (χ4v) is 2.44. The Morgan fingerprint density at radius 3 is 2.17 bits per heavy atom. The van der Waals surface area contributed by atoms with Crippen molar-refractivity contribution < 1.29 is 42.5 Å². The number of aromatic amines is 1. The first-order chi connectivity index (χ1) is 8.04. The number of hydrogen-bond acceptors (Lipinski definition) is 3. The number of hydrogen-bond donors (Lipinski definition) is 1. The van der Waals surface area contributed by atoms with E-state index < -0.39 is 10.1 Å². The van der Waals surface area contributed by atoms with Crippen LogP contribution in [0.1, 0.15) is 0 Å². The van der Waals surface area contributed by atoms with Crippen LogP contribution in [0.15, 0.2) is 47.5 Å². The Morgan fingerprint density at radius 2 is 1.56 bits per heavy atom. The number of H-pyrrole nitrogens is 1. The third kappa shape index (κ3) is 2.32. The van der Waals surface area contributed by atoms with E-state index in [1.807, 2.05) is 36.4 Å². The van der Waals surface area contributed by atoms with E-state index in [9.17, 15) is 13.0 Å². The van der Waals surface area contributed by atoms with Crippen LogP contribution >= 0.6 is 0 Å². The maximum atomic E-state index is 10.9. The summed E-state index contributed by atoms with van der Waals surface area (Å²) in [5, 5.41) is 2.44. The van der Waals surface area contributed by atoms with Crippen LogP contribution in [0.25, 0.3) is 21.7 Å². The number of fused-ring (bicyclic) bond motifs is 2. The molecule has 0 fully saturated rings. The Kier molecular flexibility index (Phi) is 3.53. The molecule has 0 radical (unpaired) electrons. The predicted molar refractivity (Wildman–Crippen MR) is 63.8 cm³/mol. The molecule has 0 saturated carbocycles. The summed E-state index contributed by atoms with van der Waals surface area (Å²) in [4.78, 5) is 2.63. The zero-order valence-corrected chi connectivity index (χ0v) is 12.5. The van der Waals surface area contributed by atoms with Gasteiger partial charge in [-0.15, -0.1) is 0 Å². The van der Waals surface area contributed by atoms with Crippen LogP contribution in [0.5, 0.6) is 0 Å². The van der Waals surface area contributed by atoms with Gasteiger partial charge < -0.3 is 9.54 Å². The number of nitrogens with one attached hydrogen (secondary N) is 1. The van der Waals surface area contributed by atoms with Gasteiger partial charge in [-0.1, -0.05) is 24.3 Å². The van der Waals surface area contributed by atoms with Gasteiger partial charge in [-0.2, -0.15) is 0 Å². The van der Waals surface area contributed by atoms with Crippen molar-refractivity contribution in [2.45, 2.75) is 5.03 Å². The summed E-state index contributed by atoms with van der Waals surface area (Å²) in [6, 6.07) is 12.7. The maximum absolute atomic E-state index is 10.9. The van der Waals surface area contributed by atoms with Crippen molar-refractivity contribution in [1.82, 2.24) is 4.98 Å². The molecule has 0 amide bonds. The van der Waals surface area contributed by atoms with Crippen LogP contribution in [0.4, 0.5) is 0 Å². The zero-order chi connectivity index (χ0) is 12.0. The van der Waals surface area contributed by atoms with Gasteiger partial charge in [-0.05, 0) is 29.0 Å².